The summed E-state index contributed by atoms with van der Waals surface area (Å²) in [4.78, 5) is 12.4. The molecular formula is C21H26N2O3S. The second kappa shape index (κ2) is 9.15. The van der Waals surface area contributed by atoms with Gasteiger partial charge in [-0.2, -0.15) is 4.31 Å². The van der Waals surface area contributed by atoms with Crippen LogP contribution < -0.4 is 5.32 Å². The van der Waals surface area contributed by atoms with Crippen molar-refractivity contribution >= 4 is 21.6 Å². The van der Waals surface area contributed by atoms with Crippen molar-refractivity contribution in [1.29, 1.82) is 0 Å². The summed E-state index contributed by atoms with van der Waals surface area (Å²) in [6.07, 6.45) is 4.98. The van der Waals surface area contributed by atoms with Gasteiger partial charge in [0.1, 0.15) is 0 Å². The molecule has 0 aliphatic carbocycles. The Morgan fingerprint density at radius 2 is 1.59 bits per heavy atom. The van der Waals surface area contributed by atoms with Gasteiger partial charge in [-0.25, -0.2) is 8.42 Å². The number of anilines is 1. The molecule has 1 amide bonds. The standard InChI is InChI=1S/C21H26N2O3S/c24-21(11-7-10-18-8-3-1-4-9-18)22-19-12-14-20(15-13-19)27(25,26)23-16-5-2-6-17-23/h1,3-4,8-9,12-15H,2,5-7,10-11,16-17H2,(H,22,24). The lowest BCUT2D eigenvalue weighted by atomic mass is 10.1. The highest BCUT2D eigenvalue weighted by molar-refractivity contribution is 7.89. The fourth-order valence-corrected chi connectivity index (χ4v) is 4.80. The molecule has 144 valence electrons. The van der Waals surface area contributed by atoms with E-state index in [1.54, 1.807) is 28.6 Å². The van der Waals surface area contributed by atoms with Crippen LogP contribution >= 0.6 is 0 Å². The van der Waals surface area contributed by atoms with Gasteiger partial charge in [-0.1, -0.05) is 36.8 Å². The molecule has 0 aromatic heterocycles. The average Bonchev–Trinajstić information content (AvgIpc) is 2.70. The van der Waals surface area contributed by atoms with Crippen LogP contribution in [0.15, 0.2) is 59.5 Å². The highest BCUT2D eigenvalue weighted by atomic mass is 32.2. The van der Waals surface area contributed by atoms with Crippen molar-refractivity contribution < 1.29 is 13.2 Å². The molecule has 3 rings (SSSR count). The fourth-order valence-electron chi connectivity index (χ4n) is 3.29. The molecule has 1 aliphatic heterocycles. The minimum absolute atomic E-state index is 0.0578. The van der Waals surface area contributed by atoms with Crippen LogP contribution in [0.2, 0.25) is 0 Å². The number of carbonyl (C=O) groups is 1. The second-order valence-corrected chi connectivity index (χ2v) is 8.81. The van der Waals surface area contributed by atoms with E-state index in [0.29, 0.717) is 25.2 Å². The maximum atomic E-state index is 12.6. The third kappa shape index (κ3) is 5.40. The van der Waals surface area contributed by atoms with E-state index in [1.165, 1.54) is 5.56 Å². The number of benzene rings is 2. The van der Waals surface area contributed by atoms with Crippen LogP contribution in [0, 0.1) is 0 Å². The predicted octanol–water partition coefficient (Wildman–Crippen LogP) is 3.82. The van der Waals surface area contributed by atoms with E-state index in [9.17, 15) is 13.2 Å². The van der Waals surface area contributed by atoms with E-state index in [2.05, 4.69) is 17.4 Å². The highest BCUT2D eigenvalue weighted by Crippen LogP contribution is 2.22. The number of hydrogen-bond donors (Lipinski definition) is 1. The van der Waals surface area contributed by atoms with Crippen LogP contribution in [0.3, 0.4) is 0 Å². The van der Waals surface area contributed by atoms with Gasteiger partial charge < -0.3 is 5.32 Å². The van der Waals surface area contributed by atoms with Gasteiger partial charge in [0.15, 0.2) is 0 Å². The Bertz CT molecular complexity index is 843. The summed E-state index contributed by atoms with van der Waals surface area (Å²) >= 11 is 0. The Balaban J connectivity index is 1.51. The summed E-state index contributed by atoms with van der Waals surface area (Å²) in [6.45, 7) is 1.17. The molecule has 0 bridgehead atoms. The lowest BCUT2D eigenvalue weighted by Gasteiger charge is -2.25. The number of amides is 1. The molecule has 27 heavy (non-hydrogen) atoms. The third-order valence-corrected chi connectivity index (χ3v) is 6.72. The van der Waals surface area contributed by atoms with Gasteiger partial charge >= 0.3 is 0 Å². The Kier molecular flexibility index (Phi) is 6.63. The average molecular weight is 387 g/mol. The van der Waals surface area contributed by atoms with Gasteiger partial charge in [0, 0.05) is 25.2 Å². The van der Waals surface area contributed by atoms with Gasteiger partial charge in [-0.05, 0) is 55.5 Å². The fraction of sp³-hybridized carbons (Fsp3) is 0.381. The first-order chi connectivity index (χ1) is 13.1. The number of aryl methyl sites for hydroxylation is 1. The zero-order chi connectivity index (χ0) is 19.1. The Labute approximate surface area is 161 Å². The summed E-state index contributed by atoms with van der Waals surface area (Å²) in [5.74, 6) is -0.0578. The molecule has 1 N–H and O–H groups in total. The Hall–Kier alpha value is -2.18. The van der Waals surface area contributed by atoms with E-state index in [-0.39, 0.29) is 10.8 Å². The first-order valence-corrected chi connectivity index (χ1v) is 10.9. The zero-order valence-electron chi connectivity index (χ0n) is 15.4. The zero-order valence-corrected chi connectivity index (χ0v) is 16.2. The summed E-state index contributed by atoms with van der Waals surface area (Å²) in [6, 6.07) is 16.5. The molecule has 0 unspecified atom stereocenters. The quantitative estimate of drug-likeness (QED) is 0.787. The van der Waals surface area contributed by atoms with E-state index in [1.807, 2.05) is 18.2 Å². The van der Waals surface area contributed by atoms with E-state index in [0.717, 1.165) is 32.1 Å². The monoisotopic (exact) mass is 386 g/mol. The smallest absolute Gasteiger partial charge is 0.243 e. The molecule has 2 aromatic carbocycles. The predicted molar refractivity (Wildman–Crippen MR) is 107 cm³/mol. The normalized spacial score (nSPS) is 15.4. The molecule has 1 saturated heterocycles. The van der Waals surface area contributed by atoms with Crippen LogP contribution in [0.5, 0.6) is 0 Å². The first kappa shape index (κ1) is 19.6. The van der Waals surface area contributed by atoms with Gasteiger partial charge in [0.2, 0.25) is 15.9 Å². The van der Waals surface area contributed by atoms with Crippen LogP contribution in [0.25, 0.3) is 0 Å². The molecule has 6 heteroatoms. The van der Waals surface area contributed by atoms with E-state index in [4.69, 9.17) is 0 Å². The van der Waals surface area contributed by atoms with E-state index >= 15 is 0 Å². The number of rotatable bonds is 7. The molecule has 1 fully saturated rings. The van der Waals surface area contributed by atoms with Gasteiger partial charge in [0.05, 0.1) is 4.90 Å². The molecule has 5 nitrogen and oxygen atoms in total. The SMILES string of the molecule is O=C(CCCc1ccccc1)Nc1ccc(S(=O)(=O)N2CCCCC2)cc1. The van der Waals surface area contributed by atoms with E-state index < -0.39 is 10.0 Å². The summed E-state index contributed by atoms with van der Waals surface area (Å²) in [5.41, 5.74) is 1.84. The maximum absolute atomic E-state index is 12.6. The summed E-state index contributed by atoms with van der Waals surface area (Å²) in [7, 11) is -3.43. The number of nitrogens with one attached hydrogen (secondary N) is 1. The summed E-state index contributed by atoms with van der Waals surface area (Å²) in [5, 5.41) is 2.84. The van der Waals surface area contributed by atoms with Gasteiger partial charge in [-0.15, -0.1) is 0 Å². The largest absolute Gasteiger partial charge is 0.326 e. The third-order valence-electron chi connectivity index (χ3n) is 4.80. The van der Waals surface area contributed by atoms with Crippen molar-refractivity contribution in [2.24, 2.45) is 0 Å². The van der Waals surface area contributed by atoms with Crippen LogP contribution in [0.4, 0.5) is 5.69 Å². The number of hydrogen-bond acceptors (Lipinski definition) is 3. The van der Waals surface area contributed by atoms with Crippen LogP contribution in [-0.2, 0) is 21.2 Å². The molecule has 0 spiro atoms. The number of piperidine rings is 1. The van der Waals surface area contributed by atoms with Gasteiger partial charge in [0.25, 0.3) is 0 Å². The molecule has 0 atom stereocenters. The number of nitrogens with zero attached hydrogens (tertiary/aromatic N) is 1. The maximum Gasteiger partial charge on any atom is 0.243 e. The molecular weight excluding hydrogens is 360 g/mol. The number of carbonyl (C=O) groups excluding carboxylic acids is 1. The lowest BCUT2D eigenvalue weighted by molar-refractivity contribution is -0.116. The first-order valence-electron chi connectivity index (χ1n) is 9.50. The highest BCUT2D eigenvalue weighted by Gasteiger charge is 2.25. The Morgan fingerprint density at radius 1 is 0.926 bits per heavy atom. The van der Waals surface area contributed by atoms with Crippen molar-refractivity contribution in [2.75, 3.05) is 18.4 Å². The Morgan fingerprint density at radius 3 is 2.26 bits per heavy atom. The van der Waals surface area contributed by atoms with Crippen molar-refractivity contribution in [3.63, 3.8) is 0 Å². The van der Waals surface area contributed by atoms with Crippen LogP contribution in [0.1, 0.15) is 37.7 Å². The lowest BCUT2D eigenvalue weighted by Crippen LogP contribution is -2.35. The topological polar surface area (TPSA) is 66.5 Å². The van der Waals surface area contributed by atoms with Crippen molar-refractivity contribution in [2.45, 2.75) is 43.4 Å². The molecule has 1 aliphatic rings. The molecule has 0 radical (unpaired) electrons. The minimum Gasteiger partial charge on any atom is -0.326 e. The summed E-state index contributed by atoms with van der Waals surface area (Å²) < 4.78 is 26.8. The molecule has 2 aromatic rings. The van der Waals surface area contributed by atoms with Gasteiger partial charge in [-0.3, -0.25) is 4.79 Å². The van der Waals surface area contributed by atoms with Crippen molar-refractivity contribution in [1.82, 2.24) is 4.31 Å². The van der Waals surface area contributed by atoms with Crippen molar-refractivity contribution in [3.05, 3.63) is 60.2 Å². The number of sulfonamides is 1. The van der Waals surface area contributed by atoms with Crippen LogP contribution in [-0.4, -0.2) is 31.7 Å². The second-order valence-electron chi connectivity index (χ2n) is 6.88. The molecule has 1 heterocycles. The minimum atomic E-state index is -3.43. The van der Waals surface area contributed by atoms with Crippen molar-refractivity contribution in [3.8, 4) is 0 Å². The molecule has 0 saturated carbocycles.